The van der Waals surface area contributed by atoms with Crippen LogP contribution in [-0.4, -0.2) is 41.4 Å². The van der Waals surface area contributed by atoms with E-state index in [1.807, 2.05) is 31.2 Å². The molecule has 1 aliphatic rings. The zero-order valence-corrected chi connectivity index (χ0v) is 19.1. The average Bonchev–Trinajstić information content (AvgIpc) is 2.99. The number of imide groups is 1. The van der Waals surface area contributed by atoms with Crippen molar-refractivity contribution in [2.75, 3.05) is 13.7 Å². The number of hydrogen-bond donors (Lipinski definition) is 0. The van der Waals surface area contributed by atoms with Gasteiger partial charge in [0.1, 0.15) is 11.8 Å². The third-order valence-corrected chi connectivity index (χ3v) is 5.96. The van der Waals surface area contributed by atoms with Crippen LogP contribution in [0.3, 0.4) is 0 Å². The van der Waals surface area contributed by atoms with E-state index in [1.165, 1.54) is 16.0 Å². The summed E-state index contributed by atoms with van der Waals surface area (Å²) in [5.74, 6) is 1.23. The summed E-state index contributed by atoms with van der Waals surface area (Å²) in [5.41, 5.74) is 3.45. The van der Waals surface area contributed by atoms with E-state index in [0.29, 0.717) is 25.4 Å². The van der Waals surface area contributed by atoms with Gasteiger partial charge in [-0.25, -0.2) is 4.79 Å². The number of aryl methyl sites for hydroxylation is 1. The molecule has 1 fully saturated rings. The number of nitrogens with zero attached hydrogens (tertiary/aromatic N) is 2. The summed E-state index contributed by atoms with van der Waals surface area (Å²) in [5, 5.41) is 0. The molecule has 2 aromatic rings. The van der Waals surface area contributed by atoms with Crippen molar-refractivity contribution in [1.29, 1.82) is 0 Å². The topological polar surface area (TPSA) is 49.9 Å². The Morgan fingerprint density at radius 2 is 1.61 bits per heavy atom. The fourth-order valence-electron chi connectivity index (χ4n) is 4.10. The zero-order valence-electron chi connectivity index (χ0n) is 19.1. The zero-order chi connectivity index (χ0) is 22.4. The van der Waals surface area contributed by atoms with Crippen LogP contribution >= 0.6 is 0 Å². The number of urea groups is 1. The second-order valence-electron chi connectivity index (χ2n) is 8.55. The van der Waals surface area contributed by atoms with Crippen LogP contribution in [0.5, 0.6) is 5.75 Å². The number of carbonyl (C=O) groups excluding carboxylic acids is 2. The minimum absolute atomic E-state index is 0.0684. The Hall–Kier alpha value is -2.82. The highest BCUT2D eigenvalue weighted by Gasteiger charge is 2.43. The highest BCUT2D eigenvalue weighted by molar-refractivity contribution is 6.04. The Morgan fingerprint density at radius 3 is 2.19 bits per heavy atom. The van der Waals surface area contributed by atoms with Crippen LogP contribution in [0, 0.1) is 0 Å². The molecule has 2 aromatic carbocycles. The Kier molecular flexibility index (Phi) is 7.72. The quantitative estimate of drug-likeness (QED) is 0.483. The van der Waals surface area contributed by atoms with Gasteiger partial charge in [0, 0.05) is 6.54 Å². The minimum Gasteiger partial charge on any atom is -0.497 e. The van der Waals surface area contributed by atoms with E-state index >= 15 is 0 Å². The summed E-state index contributed by atoms with van der Waals surface area (Å²) >= 11 is 0. The molecule has 1 unspecified atom stereocenters. The Morgan fingerprint density at radius 1 is 0.968 bits per heavy atom. The third-order valence-electron chi connectivity index (χ3n) is 5.96. The molecular weight excluding hydrogens is 388 g/mol. The molecule has 0 saturated carbocycles. The molecule has 1 saturated heterocycles. The molecule has 5 nitrogen and oxygen atoms in total. The summed E-state index contributed by atoms with van der Waals surface area (Å²) in [7, 11) is 1.66. The third kappa shape index (κ3) is 5.46. The van der Waals surface area contributed by atoms with Crippen LogP contribution in [0.2, 0.25) is 0 Å². The van der Waals surface area contributed by atoms with Crippen molar-refractivity contribution < 1.29 is 14.3 Å². The molecule has 5 heteroatoms. The first kappa shape index (κ1) is 22.9. The van der Waals surface area contributed by atoms with Gasteiger partial charge in [-0.3, -0.25) is 9.69 Å². The minimum atomic E-state index is -0.361. The van der Waals surface area contributed by atoms with E-state index in [1.54, 1.807) is 12.0 Å². The van der Waals surface area contributed by atoms with Crippen molar-refractivity contribution >= 4 is 11.9 Å². The lowest BCUT2D eigenvalue weighted by atomic mass is 10.0. The summed E-state index contributed by atoms with van der Waals surface area (Å²) in [6.45, 7) is 7.30. The van der Waals surface area contributed by atoms with Gasteiger partial charge in [0.2, 0.25) is 0 Å². The molecule has 0 aliphatic carbocycles. The van der Waals surface area contributed by atoms with Crippen LogP contribution in [0.1, 0.15) is 62.6 Å². The van der Waals surface area contributed by atoms with Crippen molar-refractivity contribution in [3.8, 4) is 5.75 Å². The van der Waals surface area contributed by atoms with Gasteiger partial charge >= 0.3 is 6.03 Å². The summed E-state index contributed by atoms with van der Waals surface area (Å²) in [6, 6.07) is 15.7. The molecule has 0 N–H and O–H groups in total. The number of hydrogen-bond acceptors (Lipinski definition) is 3. The fourth-order valence-corrected chi connectivity index (χ4v) is 4.10. The van der Waals surface area contributed by atoms with Gasteiger partial charge in [-0.1, -0.05) is 57.2 Å². The monoisotopic (exact) mass is 422 g/mol. The van der Waals surface area contributed by atoms with E-state index < -0.39 is 0 Å². The fraction of sp³-hybridized carbons (Fsp3) is 0.462. The molecule has 1 aliphatic heterocycles. The van der Waals surface area contributed by atoms with Crippen LogP contribution < -0.4 is 4.74 Å². The maximum absolute atomic E-state index is 13.2. The van der Waals surface area contributed by atoms with Crippen molar-refractivity contribution in [2.45, 2.75) is 65.0 Å². The van der Waals surface area contributed by atoms with Crippen molar-refractivity contribution in [3.63, 3.8) is 0 Å². The number of carbonyl (C=O) groups is 2. The van der Waals surface area contributed by atoms with Gasteiger partial charge < -0.3 is 9.64 Å². The van der Waals surface area contributed by atoms with E-state index in [-0.39, 0.29) is 18.0 Å². The molecule has 3 rings (SSSR count). The van der Waals surface area contributed by atoms with Crippen LogP contribution in [0.4, 0.5) is 4.79 Å². The molecule has 0 bridgehead atoms. The van der Waals surface area contributed by atoms with Crippen LogP contribution in [0.25, 0.3) is 0 Å². The lowest BCUT2D eigenvalue weighted by Crippen LogP contribution is -2.35. The molecule has 31 heavy (non-hydrogen) atoms. The smallest absolute Gasteiger partial charge is 0.327 e. The standard InChI is InChI=1S/C26H34N2O3/c1-5-17-27-24(8-6-7-20-11-15-23(31-4)16-12-20)25(29)28(26(27)30)18-21-9-13-22(14-10-21)19(2)3/h9-16,19,24H,5-8,17-18H2,1-4H3. The molecule has 1 atom stereocenters. The van der Waals surface area contributed by atoms with E-state index in [9.17, 15) is 9.59 Å². The molecule has 3 amide bonds. The van der Waals surface area contributed by atoms with Crippen LogP contribution in [-0.2, 0) is 17.8 Å². The Bertz CT molecular complexity index is 875. The molecule has 1 heterocycles. The SMILES string of the molecule is CCCN1C(=O)N(Cc2ccc(C(C)C)cc2)C(=O)C1CCCc1ccc(OC)cc1. The largest absolute Gasteiger partial charge is 0.497 e. The predicted octanol–water partition coefficient (Wildman–Crippen LogP) is 5.38. The Balaban J connectivity index is 1.64. The number of amides is 3. The first-order chi connectivity index (χ1) is 14.9. The number of benzene rings is 2. The first-order valence-electron chi connectivity index (χ1n) is 11.3. The van der Waals surface area contributed by atoms with Crippen molar-refractivity contribution in [3.05, 3.63) is 65.2 Å². The van der Waals surface area contributed by atoms with E-state index in [2.05, 4.69) is 38.1 Å². The maximum Gasteiger partial charge on any atom is 0.327 e. The van der Waals surface area contributed by atoms with Gasteiger partial charge in [0.15, 0.2) is 0 Å². The van der Waals surface area contributed by atoms with Gasteiger partial charge in [0.25, 0.3) is 5.91 Å². The lowest BCUT2D eigenvalue weighted by Gasteiger charge is -2.21. The summed E-state index contributed by atoms with van der Waals surface area (Å²) in [4.78, 5) is 29.4. The summed E-state index contributed by atoms with van der Waals surface area (Å²) < 4.78 is 5.21. The first-order valence-corrected chi connectivity index (χ1v) is 11.3. The molecule has 0 spiro atoms. The highest BCUT2D eigenvalue weighted by atomic mass is 16.5. The second kappa shape index (κ2) is 10.5. The normalized spacial score (nSPS) is 16.5. The number of methoxy groups -OCH3 is 1. The van der Waals surface area contributed by atoms with Gasteiger partial charge in [-0.05, 0) is 60.4 Å². The number of ether oxygens (including phenoxy) is 1. The molecular formula is C26H34N2O3. The molecule has 0 radical (unpaired) electrons. The maximum atomic E-state index is 13.2. The lowest BCUT2D eigenvalue weighted by molar-refractivity contribution is -0.128. The molecule has 0 aromatic heterocycles. The Labute approximate surface area is 186 Å². The van der Waals surface area contributed by atoms with Gasteiger partial charge in [-0.2, -0.15) is 0 Å². The van der Waals surface area contributed by atoms with Crippen molar-refractivity contribution in [2.24, 2.45) is 0 Å². The predicted molar refractivity (Wildman–Crippen MR) is 123 cm³/mol. The second-order valence-corrected chi connectivity index (χ2v) is 8.55. The highest BCUT2D eigenvalue weighted by Crippen LogP contribution is 2.25. The van der Waals surface area contributed by atoms with E-state index in [0.717, 1.165) is 30.6 Å². The average molecular weight is 423 g/mol. The summed E-state index contributed by atoms with van der Waals surface area (Å²) in [6.07, 6.45) is 3.25. The van der Waals surface area contributed by atoms with Crippen LogP contribution in [0.15, 0.2) is 48.5 Å². The van der Waals surface area contributed by atoms with Gasteiger partial charge in [0.05, 0.1) is 13.7 Å². The van der Waals surface area contributed by atoms with E-state index in [4.69, 9.17) is 4.74 Å². The van der Waals surface area contributed by atoms with Crippen molar-refractivity contribution in [1.82, 2.24) is 9.80 Å². The van der Waals surface area contributed by atoms with Gasteiger partial charge in [-0.15, -0.1) is 0 Å². The number of rotatable bonds is 10. The molecule has 166 valence electrons.